The number of amides is 1. The van der Waals surface area contributed by atoms with Gasteiger partial charge in [0.1, 0.15) is 11.6 Å². The average molecular weight is 389 g/mol. The van der Waals surface area contributed by atoms with Gasteiger partial charge in [-0.15, -0.1) is 0 Å². The lowest BCUT2D eigenvalue weighted by molar-refractivity contribution is 0.0690. The number of carbonyl (C=O) groups excluding carboxylic acids is 1. The number of benzene rings is 2. The fraction of sp³-hybridized carbons (Fsp3) is 0.250. The topological polar surface area (TPSA) is 54.5 Å². The van der Waals surface area contributed by atoms with Gasteiger partial charge in [-0.25, -0.2) is 4.98 Å². The fourth-order valence-electron chi connectivity index (χ4n) is 3.02. The van der Waals surface area contributed by atoms with E-state index in [0.717, 1.165) is 17.0 Å². The largest absolute Gasteiger partial charge is 0.494 e. The monoisotopic (exact) mass is 389 g/mol. The first-order valence-corrected chi connectivity index (χ1v) is 9.87. The zero-order valence-corrected chi connectivity index (χ0v) is 17.1. The molecule has 2 aromatic carbocycles. The minimum Gasteiger partial charge on any atom is -0.494 e. The second-order valence-corrected chi connectivity index (χ2v) is 7.02. The summed E-state index contributed by atoms with van der Waals surface area (Å²) in [6.45, 7) is 7.22. The molecule has 1 N–H and O–H groups in total. The van der Waals surface area contributed by atoms with E-state index in [2.05, 4.69) is 10.3 Å². The molecule has 0 aliphatic carbocycles. The van der Waals surface area contributed by atoms with Gasteiger partial charge in [0, 0.05) is 30.0 Å². The highest BCUT2D eigenvalue weighted by molar-refractivity contribution is 5.95. The third-order valence-corrected chi connectivity index (χ3v) is 4.52. The molecule has 0 aliphatic rings. The van der Waals surface area contributed by atoms with Gasteiger partial charge < -0.3 is 15.0 Å². The molecule has 5 nitrogen and oxygen atoms in total. The molecule has 29 heavy (non-hydrogen) atoms. The lowest BCUT2D eigenvalue weighted by Crippen LogP contribution is -2.36. The second-order valence-electron chi connectivity index (χ2n) is 7.02. The summed E-state index contributed by atoms with van der Waals surface area (Å²) in [5, 5.41) is 3.25. The van der Waals surface area contributed by atoms with E-state index in [0.29, 0.717) is 24.5 Å². The Bertz CT molecular complexity index is 924. The van der Waals surface area contributed by atoms with Crippen LogP contribution in [-0.2, 0) is 6.54 Å². The smallest absolute Gasteiger partial charge is 0.254 e. The first-order valence-electron chi connectivity index (χ1n) is 9.87. The molecule has 3 aromatic rings. The van der Waals surface area contributed by atoms with Crippen molar-refractivity contribution in [2.75, 3.05) is 11.9 Å². The van der Waals surface area contributed by atoms with E-state index < -0.39 is 0 Å². The lowest BCUT2D eigenvalue weighted by atomic mass is 10.1. The molecule has 0 atom stereocenters. The molecule has 150 valence electrons. The van der Waals surface area contributed by atoms with Crippen molar-refractivity contribution >= 4 is 17.4 Å². The first kappa shape index (κ1) is 20.4. The quantitative estimate of drug-likeness (QED) is 0.570. The number of nitrogens with zero attached hydrogens (tertiary/aromatic N) is 2. The number of pyridine rings is 1. The number of ether oxygens (including phenoxy) is 1. The summed E-state index contributed by atoms with van der Waals surface area (Å²) in [7, 11) is 0. The van der Waals surface area contributed by atoms with E-state index in [4.69, 9.17) is 4.74 Å². The fourth-order valence-corrected chi connectivity index (χ4v) is 3.02. The third kappa shape index (κ3) is 5.57. The molecule has 1 aromatic heterocycles. The zero-order chi connectivity index (χ0) is 20.6. The van der Waals surface area contributed by atoms with Crippen molar-refractivity contribution in [3.8, 4) is 5.75 Å². The van der Waals surface area contributed by atoms with Crippen molar-refractivity contribution in [3.05, 3.63) is 84.1 Å². The van der Waals surface area contributed by atoms with Gasteiger partial charge in [0.2, 0.25) is 0 Å². The van der Waals surface area contributed by atoms with Crippen LogP contribution in [0.2, 0.25) is 0 Å². The van der Waals surface area contributed by atoms with Gasteiger partial charge in [0.15, 0.2) is 0 Å². The molecule has 0 saturated heterocycles. The van der Waals surface area contributed by atoms with Crippen molar-refractivity contribution in [1.82, 2.24) is 9.88 Å². The molecular weight excluding hydrogens is 362 g/mol. The third-order valence-electron chi connectivity index (χ3n) is 4.52. The van der Waals surface area contributed by atoms with Crippen LogP contribution in [0.5, 0.6) is 5.75 Å². The SMILES string of the molecule is CCOc1ccc(Nc2cc(C(=O)N(Cc3ccccc3)C(C)C)ccn2)cc1. The Balaban J connectivity index is 1.75. The number of rotatable bonds is 8. The molecule has 0 radical (unpaired) electrons. The van der Waals surface area contributed by atoms with E-state index in [9.17, 15) is 4.79 Å². The molecule has 1 heterocycles. The van der Waals surface area contributed by atoms with Crippen LogP contribution in [-0.4, -0.2) is 28.4 Å². The minimum absolute atomic E-state index is 0.0130. The number of aromatic nitrogens is 1. The molecule has 5 heteroatoms. The normalized spacial score (nSPS) is 10.6. The van der Waals surface area contributed by atoms with Crippen LogP contribution in [0.25, 0.3) is 0 Å². The number of nitrogens with one attached hydrogen (secondary N) is 1. The number of carbonyl (C=O) groups is 1. The van der Waals surface area contributed by atoms with Gasteiger partial charge in [-0.2, -0.15) is 0 Å². The minimum atomic E-state index is -0.0130. The van der Waals surface area contributed by atoms with Crippen LogP contribution in [0.15, 0.2) is 72.9 Å². The summed E-state index contributed by atoms with van der Waals surface area (Å²) in [6.07, 6.45) is 1.66. The Morgan fingerprint density at radius 2 is 1.79 bits per heavy atom. The molecule has 0 bridgehead atoms. The number of hydrogen-bond acceptors (Lipinski definition) is 4. The highest BCUT2D eigenvalue weighted by Gasteiger charge is 2.19. The van der Waals surface area contributed by atoms with Crippen molar-refractivity contribution in [2.24, 2.45) is 0 Å². The van der Waals surface area contributed by atoms with Crippen LogP contribution in [0.3, 0.4) is 0 Å². The maximum atomic E-state index is 13.2. The summed E-state index contributed by atoms with van der Waals surface area (Å²) in [4.78, 5) is 19.4. The predicted octanol–water partition coefficient (Wildman–Crippen LogP) is 5.27. The lowest BCUT2D eigenvalue weighted by Gasteiger charge is -2.27. The highest BCUT2D eigenvalue weighted by atomic mass is 16.5. The summed E-state index contributed by atoms with van der Waals surface area (Å²) >= 11 is 0. The van der Waals surface area contributed by atoms with E-state index >= 15 is 0 Å². The molecule has 0 saturated carbocycles. The summed E-state index contributed by atoms with van der Waals surface area (Å²) in [6, 6.07) is 21.3. The van der Waals surface area contributed by atoms with Crippen LogP contribution >= 0.6 is 0 Å². The second kappa shape index (κ2) is 9.73. The first-order chi connectivity index (χ1) is 14.1. The average Bonchev–Trinajstić information content (AvgIpc) is 2.74. The van der Waals surface area contributed by atoms with Gasteiger partial charge in [-0.05, 0) is 62.7 Å². The molecule has 0 fully saturated rings. The van der Waals surface area contributed by atoms with Gasteiger partial charge in [0.25, 0.3) is 5.91 Å². The van der Waals surface area contributed by atoms with Crippen LogP contribution in [0.1, 0.15) is 36.7 Å². The van der Waals surface area contributed by atoms with Crippen molar-refractivity contribution < 1.29 is 9.53 Å². The number of anilines is 2. The summed E-state index contributed by atoms with van der Waals surface area (Å²) in [5.74, 6) is 1.44. The molecule has 3 rings (SSSR count). The van der Waals surface area contributed by atoms with E-state index in [1.165, 1.54) is 0 Å². The van der Waals surface area contributed by atoms with E-state index in [1.54, 1.807) is 18.3 Å². The van der Waals surface area contributed by atoms with Gasteiger partial charge in [-0.3, -0.25) is 4.79 Å². The van der Waals surface area contributed by atoms with Gasteiger partial charge in [0.05, 0.1) is 6.61 Å². The molecule has 0 spiro atoms. The molecule has 1 amide bonds. The van der Waals surface area contributed by atoms with Crippen molar-refractivity contribution in [1.29, 1.82) is 0 Å². The van der Waals surface area contributed by atoms with Crippen LogP contribution < -0.4 is 10.1 Å². The Morgan fingerprint density at radius 1 is 1.07 bits per heavy atom. The standard InChI is InChI=1S/C24H27N3O2/c1-4-29-22-12-10-21(11-13-22)26-23-16-20(14-15-25-23)24(28)27(18(2)3)17-19-8-6-5-7-9-19/h5-16,18H,4,17H2,1-3H3,(H,25,26). The Labute approximate surface area is 172 Å². The van der Waals surface area contributed by atoms with Gasteiger partial charge in [-0.1, -0.05) is 30.3 Å². The Hall–Kier alpha value is -3.34. The van der Waals surface area contributed by atoms with Crippen molar-refractivity contribution in [2.45, 2.75) is 33.4 Å². The predicted molar refractivity (Wildman–Crippen MR) is 117 cm³/mol. The van der Waals surface area contributed by atoms with E-state index in [1.807, 2.05) is 80.3 Å². The Kier molecular flexibility index (Phi) is 6.85. The Morgan fingerprint density at radius 3 is 2.45 bits per heavy atom. The highest BCUT2D eigenvalue weighted by Crippen LogP contribution is 2.21. The molecule has 0 unspecified atom stereocenters. The maximum Gasteiger partial charge on any atom is 0.254 e. The zero-order valence-electron chi connectivity index (χ0n) is 17.1. The summed E-state index contributed by atoms with van der Waals surface area (Å²) in [5.41, 5.74) is 2.60. The van der Waals surface area contributed by atoms with Crippen LogP contribution in [0, 0.1) is 0 Å². The maximum absolute atomic E-state index is 13.2. The number of hydrogen-bond donors (Lipinski definition) is 1. The summed E-state index contributed by atoms with van der Waals surface area (Å²) < 4.78 is 5.47. The van der Waals surface area contributed by atoms with Crippen LogP contribution in [0.4, 0.5) is 11.5 Å². The van der Waals surface area contributed by atoms with Gasteiger partial charge >= 0.3 is 0 Å². The molecule has 0 aliphatic heterocycles. The van der Waals surface area contributed by atoms with E-state index in [-0.39, 0.29) is 11.9 Å². The van der Waals surface area contributed by atoms with Crippen molar-refractivity contribution in [3.63, 3.8) is 0 Å². The molecular formula is C24H27N3O2.